The molecule has 0 bridgehead atoms. The standard InChI is InChI=1S/C13H11F3N2O/c1-7(6-18(2)3)13(19)8-4-10(14)12(16)9(5-17)11(8)15/h4,6H,1-3H3. The molecule has 0 N–H and O–H groups in total. The Morgan fingerprint density at radius 1 is 1.32 bits per heavy atom. The first-order chi connectivity index (χ1) is 8.79. The summed E-state index contributed by atoms with van der Waals surface area (Å²) < 4.78 is 40.1. The molecule has 0 amide bonds. The molecule has 0 fully saturated rings. The van der Waals surface area contributed by atoms with Gasteiger partial charge in [-0.1, -0.05) is 0 Å². The van der Waals surface area contributed by atoms with Crippen LogP contribution in [0.2, 0.25) is 0 Å². The third kappa shape index (κ3) is 2.94. The Morgan fingerprint density at radius 3 is 2.37 bits per heavy atom. The summed E-state index contributed by atoms with van der Waals surface area (Å²) in [7, 11) is 3.30. The molecule has 1 rings (SSSR count). The zero-order valence-electron chi connectivity index (χ0n) is 10.6. The van der Waals surface area contributed by atoms with Crippen LogP contribution >= 0.6 is 0 Å². The van der Waals surface area contributed by atoms with Crippen molar-refractivity contribution in [2.24, 2.45) is 0 Å². The monoisotopic (exact) mass is 268 g/mol. The highest BCUT2D eigenvalue weighted by Crippen LogP contribution is 2.21. The molecule has 0 atom stereocenters. The van der Waals surface area contributed by atoms with E-state index >= 15 is 0 Å². The van der Waals surface area contributed by atoms with E-state index < -0.39 is 34.4 Å². The minimum Gasteiger partial charge on any atom is -0.383 e. The Balaban J connectivity index is 3.42. The molecule has 0 aromatic heterocycles. The first-order valence-corrected chi connectivity index (χ1v) is 5.26. The van der Waals surface area contributed by atoms with Crippen molar-refractivity contribution in [3.63, 3.8) is 0 Å². The van der Waals surface area contributed by atoms with Gasteiger partial charge in [0.05, 0.1) is 5.56 Å². The summed E-state index contributed by atoms with van der Waals surface area (Å²) in [6, 6.07) is 1.67. The summed E-state index contributed by atoms with van der Waals surface area (Å²) >= 11 is 0. The second-order valence-electron chi connectivity index (χ2n) is 4.13. The molecule has 1 aromatic carbocycles. The van der Waals surface area contributed by atoms with Crippen LogP contribution in [0.25, 0.3) is 0 Å². The van der Waals surface area contributed by atoms with E-state index in [1.165, 1.54) is 19.2 Å². The van der Waals surface area contributed by atoms with Crippen molar-refractivity contribution in [2.45, 2.75) is 6.92 Å². The quantitative estimate of drug-likeness (QED) is 0.481. The second-order valence-corrected chi connectivity index (χ2v) is 4.13. The molecule has 0 saturated heterocycles. The molecule has 0 heterocycles. The van der Waals surface area contributed by atoms with Crippen molar-refractivity contribution in [1.29, 1.82) is 5.26 Å². The number of rotatable bonds is 3. The molecular formula is C13H11F3N2O. The Morgan fingerprint density at radius 2 is 1.89 bits per heavy atom. The summed E-state index contributed by atoms with van der Waals surface area (Å²) in [5, 5.41) is 8.58. The van der Waals surface area contributed by atoms with Crippen molar-refractivity contribution < 1.29 is 18.0 Å². The summed E-state index contributed by atoms with van der Waals surface area (Å²) in [6.07, 6.45) is 1.41. The zero-order chi connectivity index (χ0) is 14.7. The minimum absolute atomic E-state index is 0.138. The Bertz CT molecular complexity index is 601. The van der Waals surface area contributed by atoms with Crippen LogP contribution in [0.5, 0.6) is 0 Å². The summed E-state index contributed by atoms with van der Waals surface area (Å²) in [6.45, 7) is 1.41. The summed E-state index contributed by atoms with van der Waals surface area (Å²) in [4.78, 5) is 13.5. The summed E-state index contributed by atoms with van der Waals surface area (Å²) in [5.41, 5.74) is -1.62. The molecular weight excluding hydrogens is 257 g/mol. The lowest BCUT2D eigenvalue weighted by atomic mass is 10.0. The van der Waals surface area contributed by atoms with Crippen molar-refractivity contribution >= 4 is 5.78 Å². The number of ketones is 1. The largest absolute Gasteiger partial charge is 0.383 e. The van der Waals surface area contributed by atoms with Gasteiger partial charge in [0, 0.05) is 25.9 Å². The third-order valence-electron chi connectivity index (χ3n) is 2.32. The number of carbonyl (C=O) groups is 1. The van der Waals surface area contributed by atoms with Gasteiger partial charge in [-0.25, -0.2) is 13.2 Å². The maximum atomic E-state index is 13.8. The maximum absolute atomic E-state index is 13.8. The van der Waals surface area contributed by atoms with Gasteiger partial charge in [0.2, 0.25) is 0 Å². The van der Waals surface area contributed by atoms with Crippen LogP contribution < -0.4 is 0 Å². The number of carbonyl (C=O) groups excluding carboxylic acids is 1. The topological polar surface area (TPSA) is 44.1 Å². The third-order valence-corrected chi connectivity index (χ3v) is 2.32. The fraction of sp³-hybridized carbons (Fsp3) is 0.231. The number of benzene rings is 1. The molecule has 6 heteroatoms. The fourth-order valence-corrected chi connectivity index (χ4v) is 1.53. The predicted molar refractivity (Wildman–Crippen MR) is 62.8 cm³/mol. The van der Waals surface area contributed by atoms with Crippen LogP contribution in [0, 0.1) is 28.8 Å². The Labute approximate surface area is 108 Å². The van der Waals surface area contributed by atoms with Gasteiger partial charge in [-0.05, 0) is 13.0 Å². The summed E-state index contributed by atoms with van der Waals surface area (Å²) in [5.74, 6) is -5.18. The van der Waals surface area contributed by atoms with Crippen molar-refractivity contribution in [3.05, 3.63) is 46.4 Å². The smallest absolute Gasteiger partial charge is 0.193 e. The van der Waals surface area contributed by atoms with Gasteiger partial charge in [0.15, 0.2) is 23.2 Å². The number of allylic oxidation sites excluding steroid dienone is 1. The zero-order valence-corrected chi connectivity index (χ0v) is 10.6. The van der Waals surface area contributed by atoms with Gasteiger partial charge in [0.25, 0.3) is 0 Å². The van der Waals surface area contributed by atoms with Crippen LogP contribution in [0.3, 0.4) is 0 Å². The van der Waals surface area contributed by atoms with Crippen LogP contribution in [0.15, 0.2) is 17.8 Å². The number of halogens is 3. The molecule has 100 valence electrons. The lowest BCUT2D eigenvalue weighted by molar-refractivity contribution is 0.102. The van der Waals surface area contributed by atoms with E-state index in [0.29, 0.717) is 6.07 Å². The number of hydrogen-bond acceptors (Lipinski definition) is 3. The van der Waals surface area contributed by atoms with Crippen LogP contribution in [0.4, 0.5) is 13.2 Å². The molecule has 0 radical (unpaired) electrons. The first-order valence-electron chi connectivity index (χ1n) is 5.26. The van der Waals surface area contributed by atoms with Crippen molar-refractivity contribution in [1.82, 2.24) is 4.90 Å². The van der Waals surface area contributed by atoms with Crippen LogP contribution in [-0.4, -0.2) is 24.8 Å². The minimum atomic E-state index is -1.59. The molecule has 19 heavy (non-hydrogen) atoms. The average Bonchev–Trinajstić information content (AvgIpc) is 2.33. The van der Waals surface area contributed by atoms with Gasteiger partial charge in [-0.3, -0.25) is 4.79 Å². The second kappa shape index (κ2) is 5.57. The normalized spacial score (nSPS) is 11.1. The van der Waals surface area contributed by atoms with E-state index in [0.717, 1.165) is 0 Å². The SMILES string of the molecule is CC(=CN(C)C)C(=O)c1cc(F)c(F)c(C#N)c1F. The van der Waals surface area contributed by atoms with Gasteiger partial charge < -0.3 is 4.90 Å². The van der Waals surface area contributed by atoms with Gasteiger partial charge >= 0.3 is 0 Å². The molecule has 0 saturated carbocycles. The highest BCUT2D eigenvalue weighted by Gasteiger charge is 2.23. The van der Waals surface area contributed by atoms with Gasteiger partial charge in [0.1, 0.15) is 11.6 Å². The number of Topliss-reactive ketones (excluding diaryl/α,β-unsaturated/α-hetero) is 1. The Hall–Kier alpha value is -2.29. The molecule has 0 aliphatic heterocycles. The van der Waals surface area contributed by atoms with Crippen molar-refractivity contribution in [3.8, 4) is 6.07 Å². The van der Waals surface area contributed by atoms with E-state index in [1.807, 2.05) is 0 Å². The molecule has 0 aliphatic carbocycles. The number of nitrogens with zero attached hydrogens (tertiary/aromatic N) is 2. The van der Waals surface area contributed by atoms with E-state index in [9.17, 15) is 18.0 Å². The average molecular weight is 268 g/mol. The highest BCUT2D eigenvalue weighted by atomic mass is 19.2. The molecule has 0 spiro atoms. The molecule has 0 aliphatic rings. The van der Waals surface area contributed by atoms with Gasteiger partial charge in [-0.2, -0.15) is 5.26 Å². The Kier molecular flexibility index (Phi) is 4.33. The lowest BCUT2D eigenvalue weighted by Gasteiger charge is -2.09. The first kappa shape index (κ1) is 14.8. The van der Waals surface area contributed by atoms with Crippen molar-refractivity contribution in [2.75, 3.05) is 14.1 Å². The van der Waals surface area contributed by atoms with Gasteiger partial charge in [-0.15, -0.1) is 0 Å². The molecule has 0 unspecified atom stereocenters. The van der Waals surface area contributed by atoms with Crippen LogP contribution in [0.1, 0.15) is 22.8 Å². The van der Waals surface area contributed by atoms with E-state index in [1.54, 1.807) is 19.0 Å². The number of hydrogen-bond donors (Lipinski definition) is 0. The lowest BCUT2D eigenvalue weighted by Crippen LogP contribution is -2.11. The molecule has 1 aromatic rings. The molecule has 3 nitrogen and oxygen atoms in total. The number of nitriles is 1. The maximum Gasteiger partial charge on any atom is 0.193 e. The van der Waals surface area contributed by atoms with E-state index in [2.05, 4.69) is 0 Å². The fourth-order valence-electron chi connectivity index (χ4n) is 1.53. The van der Waals surface area contributed by atoms with Crippen LogP contribution in [-0.2, 0) is 0 Å². The van der Waals surface area contributed by atoms with E-state index in [4.69, 9.17) is 5.26 Å². The van der Waals surface area contributed by atoms with E-state index in [-0.39, 0.29) is 5.57 Å². The highest BCUT2D eigenvalue weighted by molar-refractivity contribution is 6.08. The predicted octanol–water partition coefficient (Wildman–Crippen LogP) is 2.62.